The van der Waals surface area contributed by atoms with Crippen LogP contribution in [-0.2, 0) is 21.3 Å². The number of hydrogen-bond acceptors (Lipinski definition) is 5. The van der Waals surface area contributed by atoms with Crippen LogP contribution in [0.2, 0.25) is 0 Å². The van der Waals surface area contributed by atoms with Crippen LogP contribution in [0.1, 0.15) is 26.3 Å². The van der Waals surface area contributed by atoms with Gasteiger partial charge in [-0.05, 0) is 18.1 Å². The fourth-order valence-corrected chi connectivity index (χ4v) is 2.01. The van der Waals surface area contributed by atoms with Gasteiger partial charge in [-0.2, -0.15) is 8.42 Å². The quantitative estimate of drug-likeness (QED) is 0.502. The Balaban J connectivity index is 2.96. The molecule has 7 heteroatoms. The molecule has 0 unspecified atom stereocenters. The smallest absolute Gasteiger partial charge is 0.287 e. The third-order valence-electron chi connectivity index (χ3n) is 2.43. The van der Waals surface area contributed by atoms with E-state index in [0.29, 0.717) is 11.8 Å². The zero-order valence-corrected chi connectivity index (χ0v) is 13.6. The zero-order chi connectivity index (χ0) is 16.8. The first-order valence-electron chi connectivity index (χ1n) is 6.68. The van der Waals surface area contributed by atoms with Crippen molar-refractivity contribution in [3.8, 4) is 0 Å². The summed E-state index contributed by atoms with van der Waals surface area (Å²) in [5, 5.41) is 12.4. The number of benzene rings is 1. The van der Waals surface area contributed by atoms with E-state index in [-0.39, 0.29) is 0 Å². The van der Waals surface area contributed by atoms with Gasteiger partial charge in [0.2, 0.25) is 0 Å². The van der Waals surface area contributed by atoms with Gasteiger partial charge in [0.15, 0.2) is 0 Å². The highest BCUT2D eigenvalue weighted by atomic mass is 32.2. The van der Waals surface area contributed by atoms with E-state index in [4.69, 9.17) is 9.29 Å². The highest BCUT2D eigenvalue weighted by Crippen LogP contribution is 2.10. The maximum Gasteiger partial charge on any atom is 0.287 e. The SMILES string of the molecule is CC(C)(C)OC([O-])=N[C@H](/C=C/S(=O)(=O)O)Cc1ccccc1. The Kier molecular flexibility index (Phi) is 6.13. The maximum atomic E-state index is 11.7. The van der Waals surface area contributed by atoms with Crippen LogP contribution in [0, 0.1) is 0 Å². The van der Waals surface area contributed by atoms with Crippen LogP contribution >= 0.6 is 0 Å². The normalized spacial score (nSPS) is 15.0. The Bertz CT molecular complexity index is 630. The molecule has 0 heterocycles. The third kappa shape index (κ3) is 8.43. The monoisotopic (exact) mass is 326 g/mol. The largest absolute Gasteiger partial charge is 0.595 e. The van der Waals surface area contributed by atoms with E-state index in [1.165, 1.54) is 0 Å². The van der Waals surface area contributed by atoms with Gasteiger partial charge in [-0.15, -0.1) is 0 Å². The molecule has 0 aliphatic heterocycles. The summed E-state index contributed by atoms with van der Waals surface area (Å²) in [6.07, 6.45) is 0.687. The van der Waals surface area contributed by atoms with Gasteiger partial charge in [-0.1, -0.05) is 51.1 Å². The average Bonchev–Trinajstić information content (AvgIpc) is 2.34. The molecule has 1 N–H and O–H groups in total. The molecule has 1 aromatic carbocycles. The van der Waals surface area contributed by atoms with Crippen LogP contribution in [-0.4, -0.2) is 30.7 Å². The van der Waals surface area contributed by atoms with E-state index in [1.54, 1.807) is 20.8 Å². The van der Waals surface area contributed by atoms with E-state index in [2.05, 4.69) is 4.99 Å². The second-order valence-electron chi connectivity index (χ2n) is 5.71. The van der Waals surface area contributed by atoms with Crippen molar-refractivity contribution in [2.24, 2.45) is 4.99 Å². The van der Waals surface area contributed by atoms with Crippen LogP contribution in [0.15, 0.2) is 46.8 Å². The Morgan fingerprint density at radius 1 is 1.36 bits per heavy atom. The molecule has 1 atom stereocenters. The lowest BCUT2D eigenvalue weighted by atomic mass is 10.1. The van der Waals surface area contributed by atoms with Gasteiger partial charge in [0.25, 0.3) is 10.1 Å². The molecular formula is C15H20NO5S-. The summed E-state index contributed by atoms with van der Waals surface area (Å²) in [7, 11) is -4.28. The van der Waals surface area contributed by atoms with Crippen LogP contribution in [0.4, 0.5) is 0 Å². The Hall–Kier alpha value is -1.86. The minimum absolute atomic E-state index is 0.312. The summed E-state index contributed by atoms with van der Waals surface area (Å²) in [4.78, 5) is 3.84. The summed E-state index contributed by atoms with van der Waals surface area (Å²) < 4.78 is 35.5. The summed E-state index contributed by atoms with van der Waals surface area (Å²) in [5.41, 5.74) is 0.185. The Labute approximate surface area is 130 Å². The maximum absolute atomic E-state index is 11.7. The number of hydrogen-bond donors (Lipinski definition) is 1. The fourth-order valence-electron chi connectivity index (χ4n) is 1.63. The van der Waals surface area contributed by atoms with Gasteiger partial charge in [0, 0.05) is 5.60 Å². The number of rotatable bonds is 5. The van der Waals surface area contributed by atoms with E-state index in [0.717, 1.165) is 11.6 Å². The van der Waals surface area contributed by atoms with Crippen LogP contribution in [0.25, 0.3) is 0 Å². The van der Waals surface area contributed by atoms with Crippen molar-refractivity contribution in [2.75, 3.05) is 0 Å². The van der Waals surface area contributed by atoms with E-state index >= 15 is 0 Å². The Morgan fingerprint density at radius 3 is 2.45 bits per heavy atom. The minimum Gasteiger partial charge on any atom is -0.595 e. The second kappa shape index (κ2) is 7.42. The average molecular weight is 326 g/mol. The molecule has 0 aromatic heterocycles. The lowest BCUT2D eigenvalue weighted by molar-refractivity contribution is -0.260. The molecular weight excluding hydrogens is 306 g/mol. The standard InChI is InChI=1S/C15H21NO5S/c1-15(2,3)21-14(17)16-13(9-10-22(18,19)20)11-12-7-5-4-6-8-12/h4-10,13H,11H2,1-3H3,(H,16,17)(H,18,19,20)/p-1/b10-9+/t13-/m1/s1. The van der Waals surface area contributed by atoms with Gasteiger partial charge in [0.05, 0.1) is 11.4 Å². The lowest BCUT2D eigenvalue weighted by Crippen LogP contribution is -2.33. The highest BCUT2D eigenvalue weighted by Gasteiger charge is 2.09. The van der Waals surface area contributed by atoms with Crippen LogP contribution in [0.3, 0.4) is 0 Å². The molecule has 0 spiro atoms. The summed E-state index contributed by atoms with van der Waals surface area (Å²) in [6.45, 7) is 5.13. The van der Waals surface area contributed by atoms with Gasteiger partial charge in [-0.25, -0.2) is 0 Å². The predicted molar refractivity (Wildman–Crippen MR) is 82.9 cm³/mol. The lowest BCUT2D eigenvalue weighted by Gasteiger charge is -2.30. The molecule has 0 fully saturated rings. The van der Waals surface area contributed by atoms with Crippen molar-refractivity contribution < 1.29 is 22.8 Å². The zero-order valence-electron chi connectivity index (χ0n) is 12.8. The molecule has 6 nitrogen and oxygen atoms in total. The Morgan fingerprint density at radius 2 is 1.95 bits per heavy atom. The molecule has 0 amide bonds. The minimum atomic E-state index is -4.28. The number of aliphatic imine (C=N–C) groups is 1. The van der Waals surface area contributed by atoms with Crippen molar-refractivity contribution in [3.63, 3.8) is 0 Å². The van der Waals surface area contributed by atoms with Gasteiger partial charge in [-0.3, -0.25) is 9.55 Å². The summed E-state index contributed by atoms with van der Waals surface area (Å²) in [5.74, 6) is 0. The molecule has 0 aliphatic carbocycles. The number of nitrogens with zero attached hydrogens (tertiary/aromatic N) is 1. The van der Waals surface area contributed by atoms with Gasteiger partial charge >= 0.3 is 0 Å². The molecule has 0 radical (unpaired) electrons. The van der Waals surface area contributed by atoms with Crippen molar-refractivity contribution >= 4 is 16.2 Å². The van der Waals surface area contributed by atoms with Gasteiger partial charge in [0.1, 0.15) is 6.08 Å². The predicted octanol–water partition coefficient (Wildman–Crippen LogP) is 1.53. The van der Waals surface area contributed by atoms with Crippen molar-refractivity contribution in [2.45, 2.75) is 38.8 Å². The van der Waals surface area contributed by atoms with E-state index < -0.39 is 27.8 Å². The van der Waals surface area contributed by atoms with E-state index in [9.17, 15) is 13.5 Å². The molecule has 0 aliphatic rings. The molecule has 1 aromatic rings. The first-order valence-corrected chi connectivity index (χ1v) is 8.19. The molecule has 22 heavy (non-hydrogen) atoms. The van der Waals surface area contributed by atoms with Crippen molar-refractivity contribution in [3.05, 3.63) is 47.4 Å². The van der Waals surface area contributed by atoms with Crippen molar-refractivity contribution in [1.29, 1.82) is 0 Å². The van der Waals surface area contributed by atoms with E-state index in [1.807, 2.05) is 30.3 Å². The second-order valence-corrected chi connectivity index (χ2v) is 7.01. The molecule has 0 saturated heterocycles. The molecule has 122 valence electrons. The summed E-state index contributed by atoms with van der Waals surface area (Å²) in [6, 6.07) is 8.41. The molecule has 0 saturated carbocycles. The van der Waals surface area contributed by atoms with Gasteiger partial charge < -0.3 is 9.84 Å². The fraction of sp³-hybridized carbons (Fsp3) is 0.400. The van der Waals surface area contributed by atoms with Crippen LogP contribution in [0.5, 0.6) is 0 Å². The van der Waals surface area contributed by atoms with Crippen LogP contribution < -0.4 is 5.11 Å². The molecule has 0 bridgehead atoms. The first kappa shape index (κ1) is 18.2. The number of ether oxygens (including phenoxy) is 1. The third-order valence-corrected chi connectivity index (χ3v) is 2.93. The summed E-state index contributed by atoms with van der Waals surface area (Å²) >= 11 is 0. The topological polar surface area (TPSA) is 99.0 Å². The highest BCUT2D eigenvalue weighted by molar-refractivity contribution is 7.88. The molecule has 1 rings (SSSR count). The first-order chi connectivity index (χ1) is 10.1. The van der Waals surface area contributed by atoms with Crippen molar-refractivity contribution in [1.82, 2.24) is 0 Å².